The molecule has 1 heteroatoms. The van der Waals surface area contributed by atoms with E-state index in [1.807, 2.05) is 13.0 Å². The van der Waals surface area contributed by atoms with Crippen molar-refractivity contribution in [2.24, 2.45) is 11.7 Å². The first-order valence-electron chi connectivity index (χ1n) is 3.07. The Morgan fingerprint density at radius 1 is 1.62 bits per heavy atom. The van der Waals surface area contributed by atoms with Gasteiger partial charge in [0.1, 0.15) is 0 Å². The molecule has 8 heavy (non-hydrogen) atoms. The van der Waals surface area contributed by atoms with Crippen LogP contribution in [0.1, 0.15) is 27.2 Å². The van der Waals surface area contributed by atoms with Crippen LogP contribution in [0.25, 0.3) is 0 Å². The van der Waals surface area contributed by atoms with Crippen LogP contribution in [-0.4, -0.2) is 0 Å². The molecule has 0 saturated carbocycles. The van der Waals surface area contributed by atoms with E-state index in [-0.39, 0.29) is 0 Å². The van der Waals surface area contributed by atoms with Gasteiger partial charge in [0.2, 0.25) is 0 Å². The van der Waals surface area contributed by atoms with E-state index in [0.717, 1.165) is 12.1 Å². The zero-order valence-electron chi connectivity index (χ0n) is 5.94. The summed E-state index contributed by atoms with van der Waals surface area (Å²) in [4.78, 5) is 0. The van der Waals surface area contributed by atoms with Crippen LogP contribution in [0, 0.1) is 5.92 Å². The molecule has 0 heterocycles. The van der Waals surface area contributed by atoms with Crippen LogP contribution in [0.15, 0.2) is 11.8 Å². The molecule has 0 radical (unpaired) electrons. The van der Waals surface area contributed by atoms with Gasteiger partial charge in [-0.1, -0.05) is 19.9 Å². The smallest absolute Gasteiger partial charge is 0.00397 e. The molecule has 0 aromatic heterocycles. The fourth-order valence-corrected chi connectivity index (χ4v) is 0.589. The highest BCUT2D eigenvalue weighted by Gasteiger charge is 1.92. The molecule has 0 saturated heterocycles. The van der Waals surface area contributed by atoms with Crippen molar-refractivity contribution >= 4 is 0 Å². The molecule has 0 atom stereocenters. The van der Waals surface area contributed by atoms with Crippen LogP contribution in [0.4, 0.5) is 0 Å². The van der Waals surface area contributed by atoms with Gasteiger partial charge in [0, 0.05) is 5.70 Å². The first-order valence-corrected chi connectivity index (χ1v) is 3.07. The monoisotopic (exact) mass is 113 g/mol. The third-order valence-electron chi connectivity index (χ3n) is 1.01. The lowest BCUT2D eigenvalue weighted by atomic mass is 10.1. The Hall–Kier alpha value is -0.460. The number of hydrogen-bond donors (Lipinski definition) is 1. The summed E-state index contributed by atoms with van der Waals surface area (Å²) in [5.74, 6) is 0.686. The van der Waals surface area contributed by atoms with E-state index in [2.05, 4.69) is 13.8 Å². The quantitative estimate of drug-likeness (QED) is 0.581. The van der Waals surface area contributed by atoms with Gasteiger partial charge in [-0.05, 0) is 19.3 Å². The van der Waals surface area contributed by atoms with Crippen molar-refractivity contribution in [2.75, 3.05) is 0 Å². The molecule has 0 aromatic rings. The van der Waals surface area contributed by atoms with Crippen LogP contribution in [0.3, 0.4) is 0 Å². The third-order valence-corrected chi connectivity index (χ3v) is 1.01. The lowest BCUT2D eigenvalue weighted by molar-refractivity contribution is 0.637. The van der Waals surface area contributed by atoms with Crippen LogP contribution >= 0.6 is 0 Å². The minimum atomic E-state index is 0.686. The molecular formula is C7H15N. The summed E-state index contributed by atoms with van der Waals surface area (Å²) < 4.78 is 0. The molecule has 0 spiro atoms. The minimum Gasteiger partial charge on any atom is -0.402 e. The van der Waals surface area contributed by atoms with E-state index in [1.54, 1.807) is 0 Å². The largest absolute Gasteiger partial charge is 0.402 e. The zero-order chi connectivity index (χ0) is 6.57. The second-order valence-corrected chi connectivity index (χ2v) is 2.46. The Morgan fingerprint density at radius 3 is 2.25 bits per heavy atom. The van der Waals surface area contributed by atoms with E-state index in [9.17, 15) is 0 Å². The Labute approximate surface area is 51.6 Å². The minimum absolute atomic E-state index is 0.686. The van der Waals surface area contributed by atoms with Gasteiger partial charge in [-0.15, -0.1) is 0 Å². The maximum absolute atomic E-state index is 5.54. The fourth-order valence-electron chi connectivity index (χ4n) is 0.589. The van der Waals surface area contributed by atoms with Crippen molar-refractivity contribution < 1.29 is 0 Å². The Bertz CT molecular complexity index is 82.4. The van der Waals surface area contributed by atoms with Crippen molar-refractivity contribution in [3.05, 3.63) is 11.8 Å². The summed E-state index contributed by atoms with van der Waals surface area (Å²) in [6, 6.07) is 0. The van der Waals surface area contributed by atoms with Crippen molar-refractivity contribution in [3.8, 4) is 0 Å². The van der Waals surface area contributed by atoms with E-state index >= 15 is 0 Å². The number of hydrogen-bond acceptors (Lipinski definition) is 1. The van der Waals surface area contributed by atoms with Crippen molar-refractivity contribution in [1.82, 2.24) is 0 Å². The van der Waals surface area contributed by atoms with E-state index in [0.29, 0.717) is 5.92 Å². The van der Waals surface area contributed by atoms with Gasteiger partial charge in [-0.3, -0.25) is 0 Å². The third kappa shape index (κ3) is 3.72. The van der Waals surface area contributed by atoms with Crippen molar-refractivity contribution in [3.63, 3.8) is 0 Å². The molecule has 0 fully saturated rings. The standard InChI is InChI=1S/C7H15N/c1-4-7(8)5-6(2)3/h4,6H,5,8H2,1-3H3/b7-4+. The Morgan fingerprint density at radius 2 is 2.12 bits per heavy atom. The maximum Gasteiger partial charge on any atom is 0.00397 e. The van der Waals surface area contributed by atoms with Gasteiger partial charge in [0.05, 0.1) is 0 Å². The lowest BCUT2D eigenvalue weighted by Gasteiger charge is -2.01. The Kier molecular flexibility index (Phi) is 3.33. The molecule has 0 bridgehead atoms. The van der Waals surface area contributed by atoms with E-state index < -0.39 is 0 Å². The van der Waals surface area contributed by atoms with Crippen LogP contribution in [0.5, 0.6) is 0 Å². The molecule has 0 aliphatic rings. The predicted molar refractivity (Wildman–Crippen MR) is 37.4 cm³/mol. The summed E-state index contributed by atoms with van der Waals surface area (Å²) in [6.45, 7) is 6.30. The summed E-state index contributed by atoms with van der Waals surface area (Å²) in [5, 5.41) is 0. The molecule has 0 aromatic carbocycles. The second kappa shape index (κ2) is 3.53. The first kappa shape index (κ1) is 7.54. The highest BCUT2D eigenvalue weighted by molar-refractivity contribution is 4.93. The second-order valence-electron chi connectivity index (χ2n) is 2.46. The SMILES string of the molecule is C/C=C(/N)CC(C)C. The average molecular weight is 113 g/mol. The van der Waals surface area contributed by atoms with Gasteiger partial charge in [0.25, 0.3) is 0 Å². The Balaban J connectivity index is 3.39. The molecule has 0 aliphatic heterocycles. The number of allylic oxidation sites excluding steroid dienone is 2. The van der Waals surface area contributed by atoms with Gasteiger partial charge in [-0.2, -0.15) is 0 Å². The highest BCUT2D eigenvalue weighted by Crippen LogP contribution is 2.03. The normalized spacial score (nSPS) is 12.8. The van der Waals surface area contributed by atoms with Crippen molar-refractivity contribution in [1.29, 1.82) is 0 Å². The molecule has 1 nitrogen and oxygen atoms in total. The molecule has 0 rings (SSSR count). The molecule has 48 valence electrons. The van der Waals surface area contributed by atoms with E-state index in [1.165, 1.54) is 0 Å². The predicted octanol–water partition coefficient (Wildman–Crippen LogP) is 1.90. The number of nitrogens with two attached hydrogens (primary N) is 1. The zero-order valence-corrected chi connectivity index (χ0v) is 5.94. The van der Waals surface area contributed by atoms with Crippen LogP contribution < -0.4 is 5.73 Å². The average Bonchev–Trinajstić information content (AvgIpc) is 1.65. The van der Waals surface area contributed by atoms with E-state index in [4.69, 9.17) is 5.73 Å². The van der Waals surface area contributed by atoms with Gasteiger partial charge < -0.3 is 5.73 Å². The highest BCUT2D eigenvalue weighted by atomic mass is 14.6. The molecule has 2 N–H and O–H groups in total. The number of rotatable bonds is 2. The topological polar surface area (TPSA) is 26.0 Å². The summed E-state index contributed by atoms with van der Waals surface area (Å²) in [7, 11) is 0. The summed E-state index contributed by atoms with van der Waals surface area (Å²) in [5.41, 5.74) is 6.54. The first-order chi connectivity index (χ1) is 3.66. The van der Waals surface area contributed by atoms with Crippen molar-refractivity contribution in [2.45, 2.75) is 27.2 Å². The summed E-state index contributed by atoms with van der Waals surface area (Å²) in [6.07, 6.45) is 2.98. The lowest BCUT2D eigenvalue weighted by Crippen LogP contribution is -2.00. The summed E-state index contributed by atoms with van der Waals surface area (Å²) >= 11 is 0. The molecule has 0 amide bonds. The molecule has 0 aliphatic carbocycles. The maximum atomic E-state index is 5.54. The molecular weight excluding hydrogens is 98.1 g/mol. The van der Waals surface area contributed by atoms with Crippen LogP contribution in [0.2, 0.25) is 0 Å². The molecule has 0 unspecified atom stereocenters. The van der Waals surface area contributed by atoms with Gasteiger partial charge in [0.15, 0.2) is 0 Å². The van der Waals surface area contributed by atoms with Gasteiger partial charge >= 0.3 is 0 Å². The fraction of sp³-hybridized carbons (Fsp3) is 0.714. The van der Waals surface area contributed by atoms with Crippen LogP contribution in [-0.2, 0) is 0 Å². The van der Waals surface area contributed by atoms with Gasteiger partial charge in [-0.25, -0.2) is 0 Å².